The molecule has 0 saturated heterocycles. The first-order chi connectivity index (χ1) is 7.54. The summed E-state index contributed by atoms with van der Waals surface area (Å²) in [6.07, 6.45) is 6.72. The van der Waals surface area contributed by atoms with Gasteiger partial charge in [-0.3, -0.25) is 4.79 Å². The number of thiocarbonyl (C=S) groups is 1. The van der Waals surface area contributed by atoms with Crippen LogP contribution in [0.15, 0.2) is 0 Å². The second-order valence-electron chi connectivity index (χ2n) is 3.97. The standard InChI is InChI=1S/C11H21NO2S2/c1-12(11(15)16)9-7-5-3-2-4-6-8-10(13)14/h2-9H2,1H3,(H,13,14)(H,15,16). The summed E-state index contributed by atoms with van der Waals surface area (Å²) in [7, 11) is 1.95. The molecular formula is C11H21NO2S2. The van der Waals surface area contributed by atoms with Crippen LogP contribution in [0.3, 0.4) is 0 Å². The Morgan fingerprint density at radius 2 is 1.69 bits per heavy atom. The third-order valence-electron chi connectivity index (χ3n) is 2.46. The van der Waals surface area contributed by atoms with Crippen molar-refractivity contribution in [2.45, 2.75) is 44.9 Å². The van der Waals surface area contributed by atoms with Gasteiger partial charge in [0.25, 0.3) is 0 Å². The molecule has 5 heteroatoms. The van der Waals surface area contributed by atoms with Crippen molar-refractivity contribution in [3.8, 4) is 0 Å². The van der Waals surface area contributed by atoms with Crippen LogP contribution in [0, 0.1) is 0 Å². The van der Waals surface area contributed by atoms with Crippen LogP contribution in [0.25, 0.3) is 0 Å². The van der Waals surface area contributed by atoms with Crippen molar-refractivity contribution in [1.29, 1.82) is 0 Å². The lowest BCUT2D eigenvalue weighted by Gasteiger charge is -2.15. The highest BCUT2D eigenvalue weighted by Gasteiger charge is 1.99. The van der Waals surface area contributed by atoms with Gasteiger partial charge in [-0.25, -0.2) is 0 Å². The zero-order valence-electron chi connectivity index (χ0n) is 9.81. The molecule has 16 heavy (non-hydrogen) atoms. The summed E-state index contributed by atoms with van der Waals surface area (Å²) in [5.74, 6) is -0.691. The molecule has 0 bridgehead atoms. The number of hydrogen-bond donors (Lipinski definition) is 2. The van der Waals surface area contributed by atoms with Gasteiger partial charge in [-0.2, -0.15) is 0 Å². The Morgan fingerprint density at radius 3 is 2.19 bits per heavy atom. The lowest BCUT2D eigenvalue weighted by Crippen LogP contribution is -2.21. The predicted molar refractivity (Wildman–Crippen MR) is 74.2 cm³/mol. The largest absolute Gasteiger partial charge is 0.481 e. The number of carboxylic acid groups (broad SMARTS) is 1. The highest BCUT2D eigenvalue weighted by Crippen LogP contribution is 2.08. The monoisotopic (exact) mass is 263 g/mol. The van der Waals surface area contributed by atoms with Crippen LogP contribution in [0.2, 0.25) is 0 Å². The molecule has 0 aliphatic rings. The van der Waals surface area contributed by atoms with Crippen molar-refractivity contribution in [2.75, 3.05) is 13.6 Å². The molecule has 1 N–H and O–H groups in total. The fourth-order valence-electron chi connectivity index (χ4n) is 1.43. The van der Waals surface area contributed by atoms with Crippen LogP contribution in [0.4, 0.5) is 0 Å². The van der Waals surface area contributed by atoms with Crippen molar-refractivity contribution in [3.63, 3.8) is 0 Å². The summed E-state index contributed by atoms with van der Waals surface area (Å²) < 4.78 is 0.640. The maximum atomic E-state index is 10.2. The first kappa shape index (κ1) is 15.7. The highest BCUT2D eigenvalue weighted by atomic mass is 32.1. The van der Waals surface area contributed by atoms with E-state index in [1.54, 1.807) is 0 Å². The number of thiol groups is 1. The molecule has 0 rings (SSSR count). The Kier molecular flexibility index (Phi) is 9.72. The maximum absolute atomic E-state index is 10.2. The zero-order valence-corrected chi connectivity index (χ0v) is 11.5. The summed E-state index contributed by atoms with van der Waals surface area (Å²) in [6.45, 7) is 0.956. The topological polar surface area (TPSA) is 40.5 Å². The van der Waals surface area contributed by atoms with Gasteiger partial charge >= 0.3 is 5.97 Å². The number of unbranched alkanes of at least 4 members (excludes halogenated alkanes) is 5. The molecule has 0 spiro atoms. The van der Waals surface area contributed by atoms with E-state index in [2.05, 4.69) is 12.6 Å². The Balaban J connectivity index is 3.15. The fourth-order valence-corrected chi connectivity index (χ4v) is 1.62. The third-order valence-corrected chi connectivity index (χ3v) is 3.11. The lowest BCUT2D eigenvalue weighted by molar-refractivity contribution is -0.137. The van der Waals surface area contributed by atoms with Gasteiger partial charge in [0.1, 0.15) is 4.32 Å². The van der Waals surface area contributed by atoms with Gasteiger partial charge in [0.2, 0.25) is 0 Å². The molecule has 0 aromatic heterocycles. The fraction of sp³-hybridized carbons (Fsp3) is 0.818. The van der Waals surface area contributed by atoms with Crippen LogP contribution < -0.4 is 0 Å². The number of rotatable bonds is 9. The van der Waals surface area contributed by atoms with Crippen molar-refractivity contribution in [3.05, 3.63) is 0 Å². The molecule has 0 aliphatic carbocycles. The number of nitrogens with zero attached hydrogens (tertiary/aromatic N) is 1. The van der Waals surface area contributed by atoms with Gasteiger partial charge in [0, 0.05) is 20.0 Å². The van der Waals surface area contributed by atoms with E-state index in [1.165, 1.54) is 12.8 Å². The average Bonchev–Trinajstić information content (AvgIpc) is 2.21. The van der Waals surface area contributed by atoms with E-state index in [0.29, 0.717) is 10.7 Å². The summed E-state index contributed by atoms with van der Waals surface area (Å²) in [5, 5.41) is 8.44. The Labute approximate surface area is 109 Å². The number of hydrogen-bond acceptors (Lipinski definition) is 2. The normalized spacial score (nSPS) is 10.1. The van der Waals surface area contributed by atoms with E-state index in [0.717, 1.165) is 32.2 Å². The highest BCUT2D eigenvalue weighted by molar-refractivity contribution is 8.10. The second-order valence-corrected chi connectivity index (χ2v) is 5.08. The van der Waals surface area contributed by atoms with Crippen molar-refractivity contribution in [2.24, 2.45) is 0 Å². The molecule has 3 nitrogen and oxygen atoms in total. The number of carbonyl (C=O) groups is 1. The summed E-state index contributed by atoms with van der Waals surface area (Å²) in [5.41, 5.74) is 0. The first-order valence-electron chi connectivity index (χ1n) is 5.70. The summed E-state index contributed by atoms with van der Waals surface area (Å²) >= 11 is 9.00. The molecular weight excluding hydrogens is 242 g/mol. The van der Waals surface area contributed by atoms with Gasteiger partial charge < -0.3 is 10.0 Å². The second kappa shape index (κ2) is 9.90. The molecule has 0 radical (unpaired) electrons. The van der Waals surface area contributed by atoms with Crippen LogP contribution in [-0.4, -0.2) is 33.9 Å². The van der Waals surface area contributed by atoms with Crippen LogP contribution in [0.5, 0.6) is 0 Å². The van der Waals surface area contributed by atoms with E-state index >= 15 is 0 Å². The maximum Gasteiger partial charge on any atom is 0.303 e. The van der Waals surface area contributed by atoms with Crippen molar-refractivity contribution >= 4 is 35.1 Å². The van der Waals surface area contributed by atoms with Crippen LogP contribution in [-0.2, 0) is 4.79 Å². The minimum Gasteiger partial charge on any atom is -0.481 e. The minimum absolute atomic E-state index is 0.302. The van der Waals surface area contributed by atoms with Gasteiger partial charge in [-0.15, -0.1) is 12.6 Å². The molecule has 0 atom stereocenters. The molecule has 0 unspecified atom stereocenters. The molecule has 0 heterocycles. The predicted octanol–water partition coefficient (Wildman–Crippen LogP) is 2.95. The van der Waals surface area contributed by atoms with E-state index < -0.39 is 5.97 Å². The number of aliphatic carboxylic acids is 1. The smallest absolute Gasteiger partial charge is 0.303 e. The number of carboxylic acids is 1. The molecule has 0 saturated carbocycles. The van der Waals surface area contributed by atoms with E-state index in [-0.39, 0.29) is 0 Å². The van der Waals surface area contributed by atoms with E-state index in [9.17, 15) is 4.79 Å². The lowest BCUT2D eigenvalue weighted by atomic mass is 10.1. The Hall–Kier alpha value is -0.290. The average molecular weight is 263 g/mol. The molecule has 0 aromatic rings. The first-order valence-corrected chi connectivity index (χ1v) is 6.55. The summed E-state index contributed by atoms with van der Waals surface area (Å²) in [4.78, 5) is 12.2. The van der Waals surface area contributed by atoms with E-state index in [4.69, 9.17) is 17.3 Å². The van der Waals surface area contributed by atoms with Gasteiger partial charge in [-0.05, 0) is 12.8 Å². The van der Waals surface area contributed by atoms with E-state index in [1.807, 2.05) is 11.9 Å². The van der Waals surface area contributed by atoms with Crippen molar-refractivity contribution < 1.29 is 9.90 Å². The zero-order chi connectivity index (χ0) is 12.4. The van der Waals surface area contributed by atoms with Gasteiger partial charge in [-0.1, -0.05) is 37.9 Å². The Morgan fingerprint density at radius 1 is 1.19 bits per heavy atom. The van der Waals surface area contributed by atoms with Crippen LogP contribution in [0.1, 0.15) is 44.9 Å². The molecule has 94 valence electrons. The molecule has 0 aliphatic heterocycles. The van der Waals surface area contributed by atoms with Crippen LogP contribution >= 0.6 is 24.8 Å². The van der Waals surface area contributed by atoms with Gasteiger partial charge in [0.05, 0.1) is 0 Å². The van der Waals surface area contributed by atoms with Crippen molar-refractivity contribution in [1.82, 2.24) is 4.90 Å². The van der Waals surface area contributed by atoms with Gasteiger partial charge in [0.15, 0.2) is 0 Å². The third kappa shape index (κ3) is 10.2. The summed E-state index contributed by atoms with van der Waals surface area (Å²) in [6, 6.07) is 0. The quantitative estimate of drug-likeness (QED) is 0.381. The molecule has 0 aromatic carbocycles. The Bertz CT molecular complexity index is 222. The minimum atomic E-state index is -0.691. The molecule has 0 amide bonds. The molecule has 0 fully saturated rings. The SMILES string of the molecule is CN(CCCCCCCCC(=O)O)C(=S)S.